The Morgan fingerprint density at radius 1 is 1.10 bits per heavy atom. The highest BCUT2D eigenvalue weighted by molar-refractivity contribution is 9.10. The summed E-state index contributed by atoms with van der Waals surface area (Å²) in [4.78, 5) is 0. The first-order valence-corrected chi connectivity index (χ1v) is 7.69. The second-order valence-electron chi connectivity index (χ2n) is 4.69. The normalized spacial score (nSPS) is 12.2. The van der Waals surface area contributed by atoms with Crippen LogP contribution in [0.4, 0.5) is 0 Å². The van der Waals surface area contributed by atoms with Crippen LogP contribution in [0.1, 0.15) is 30.5 Å². The Hall–Kier alpha value is -1.32. The smallest absolute Gasteiger partial charge is 0.119 e. The van der Waals surface area contributed by atoms with E-state index in [0.29, 0.717) is 0 Å². The van der Waals surface area contributed by atoms with E-state index in [9.17, 15) is 0 Å². The van der Waals surface area contributed by atoms with Crippen LogP contribution in [0.2, 0.25) is 0 Å². The molecule has 0 heterocycles. The minimum absolute atomic E-state index is 0.174. The minimum atomic E-state index is 0.174. The third-order valence-electron chi connectivity index (χ3n) is 3.16. The van der Waals surface area contributed by atoms with Gasteiger partial charge in [0.1, 0.15) is 5.75 Å². The van der Waals surface area contributed by atoms with E-state index < -0.39 is 0 Å². The zero-order valence-electron chi connectivity index (χ0n) is 11.9. The minimum Gasteiger partial charge on any atom is -0.494 e. The number of hydrogen-bond donors (Lipinski definition) is 1. The predicted molar refractivity (Wildman–Crippen MR) is 87.3 cm³/mol. The first-order chi connectivity index (χ1) is 9.74. The molecule has 0 bridgehead atoms. The molecule has 0 spiro atoms. The summed E-state index contributed by atoms with van der Waals surface area (Å²) in [6.45, 7) is 2.87. The molecule has 20 heavy (non-hydrogen) atoms. The van der Waals surface area contributed by atoms with Crippen molar-refractivity contribution in [1.29, 1.82) is 0 Å². The summed E-state index contributed by atoms with van der Waals surface area (Å²) in [5, 5.41) is 3.37. The van der Waals surface area contributed by atoms with E-state index in [-0.39, 0.29) is 6.04 Å². The van der Waals surface area contributed by atoms with Crippen LogP contribution < -0.4 is 10.1 Å². The summed E-state index contributed by atoms with van der Waals surface area (Å²) in [7, 11) is 1.98. The molecule has 0 aromatic heterocycles. The van der Waals surface area contributed by atoms with Crippen molar-refractivity contribution in [3.63, 3.8) is 0 Å². The molecule has 0 radical (unpaired) electrons. The Labute approximate surface area is 129 Å². The first kappa shape index (κ1) is 15.1. The van der Waals surface area contributed by atoms with Crippen LogP contribution in [0, 0.1) is 0 Å². The van der Waals surface area contributed by atoms with Crippen molar-refractivity contribution in [1.82, 2.24) is 5.32 Å². The number of benzene rings is 2. The lowest BCUT2D eigenvalue weighted by Gasteiger charge is -2.18. The molecule has 2 aromatic rings. The van der Waals surface area contributed by atoms with E-state index in [1.165, 1.54) is 11.1 Å². The summed E-state index contributed by atoms with van der Waals surface area (Å²) >= 11 is 3.47. The van der Waals surface area contributed by atoms with E-state index in [1.807, 2.05) is 19.2 Å². The molecule has 1 unspecified atom stereocenters. The SMILES string of the molecule is CCCOc1cccc(C(NC)c2ccc(Br)cc2)c1. The molecule has 2 rings (SSSR count). The molecule has 106 valence electrons. The lowest BCUT2D eigenvalue weighted by molar-refractivity contribution is 0.317. The van der Waals surface area contributed by atoms with Crippen molar-refractivity contribution in [3.05, 3.63) is 64.1 Å². The van der Waals surface area contributed by atoms with E-state index in [2.05, 4.69) is 64.6 Å². The summed E-state index contributed by atoms with van der Waals surface area (Å²) in [6.07, 6.45) is 1.02. The fourth-order valence-electron chi connectivity index (χ4n) is 2.18. The summed E-state index contributed by atoms with van der Waals surface area (Å²) < 4.78 is 6.80. The second-order valence-corrected chi connectivity index (χ2v) is 5.61. The Kier molecular flexibility index (Phi) is 5.62. The third-order valence-corrected chi connectivity index (χ3v) is 3.68. The van der Waals surface area contributed by atoms with Gasteiger partial charge in [-0.2, -0.15) is 0 Å². The molecule has 2 aromatic carbocycles. The monoisotopic (exact) mass is 333 g/mol. The fourth-order valence-corrected chi connectivity index (χ4v) is 2.45. The summed E-state index contributed by atoms with van der Waals surface area (Å²) in [5.74, 6) is 0.932. The molecule has 0 saturated carbocycles. The lowest BCUT2D eigenvalue weighted by atomic mass is 9.99. The van der Waals surface area contributed by atoms with Gasteiger partial charge in [-0.15, -0.1) is 0 Å². The zero-order chi connectivity index (χ0) is 14.4. The highest BCUT2D eigenvalue weighted by atomic mass is 79.9. The molecular weight excluding hydrogens is 314 g/mol. The highest BCUT2D eigenvalue weighted by Crippen LogP contribution is 2.26. The number of hydrogen-bond acceptors (Lipinski definition) is 2. The maximum absolute atomic E-state index is 5.71. The molecule has 1 N–H and O–H groups in total. The Bertz CT molecular complexity index is 539. The van der Waals surface area contributed by atoms with Gasteiger partial charge in [0.2, 0.25) is 0 Å². The lowest BCUT2D eigenvalue weighted by Crippen LogP contribution is -2.17. The van der Waals surface area contributed by atoms with Crippen LogP contribution >= 0.6 is 15.9 Å². The average Bonchev–Trinajstić information content (AvgIpc) is 2.48. The van der Waals surface area contributed by atoms with E-state index in [1.54, 1.807) is 0 Å². The topological polar surface area (TPSA) is 21.3 Å². The van der Waals surface area contributed by atoms with Crippen molar-refractivity contribution in [2.45, 2.75) is 19.4 Å². The van der Waals surface area contributed by atoms with Crippen molar-refractivity contribution < 1.29 is 4.74 Å². The molecule has 3 heteroatoms. The quantitative estimate of drug-likeness (QED) is 0.837. The molecule has 0 fully saturated rings. The largest absolute Gasteiger partial charge is 0.494 e. The van der Waals surface area contributed by atoms with Crippen molar-refractivity contribution in [2.75, 3.05) is 13.7 Å². The van der Waals surface area contributed by atoms with E-state index in [0.717, 1.165) is 23.2 Å². The number of ether oxygens (including phenoxy) is 1. The highest BCUT2D eigenvalue weighted by Gasteiger charge is 2.12. The Morgan fingerprint density at radius 2 is 1.85 bits per heavy atom. The van der Waals surface area contributed by atoms with Gasteiger partial charge < -0.3 is 10.1 Å². The third kappa shape index (κ3) is 3.84. The van der Waals surface area contributed by atoms with Crippen LogP contribution in [0.15, 0.2) is 53.0 Å². The molecule has 1 atom stereocenters. The number of halogens is 1. The molecular formula is C17H20BrNO. The standard InChI is InChI=1S/C17H20BrNO/c1-3-11-20-16-6-4-5-14(12-16)17(19-2)13-7-9-15(18)10-8-13/h4-10,12,17,19H,3,11H2,1-2H3. The number of rotatable bonds is 6. The predicted octanol–water partition coefficient (Wildman–Crippen LogP) is 4.55. The zero-order valence-corrected chi connectivity index (χ0v) is 13.5. The van der Waals surface area contributed by atoms with Crippen LogP contribution in [0.25, 0.3) is 0 Å². The van der Waals surface area contributed by atoms with Crippen molar-refractivity contribution in [3.8, 4) is 5.75 Å². The summed E-state index contributed by atoms with van der Waals surface area (Å²) in [5.41, 5.74) is 2.45. The van der Waals surface area contributed by atoms with E-state index in [4.69, 9.17) is 4.74 Å². The fraction of sp³-hybridized carbons (Fsp3) is 0.294. The average molecular weight is 334 g/mol. The summed E-state index contributed by atoms with van der Waals surface area (Å²) in [6, 6.07) is 16.9. The van der Waals surface area contributed by atoms with Crippen LogP contribution in [-0.4, -0.2) is 13.7 Å². The van der Waals surface area contributed by atoms with Gasteiger partial charge in [0.25, 0.3) is 0 Å². The first-order valence-electron chi connectivity index (χ1n) is 6.90. The van der Waals surface area contributed by atoms with Crippen LogP contribution in [0.5, 0.6) is 5.75 Å². The van der Waals surface area contributed by atoms with Gasteiger partial charge in [-0.3, -0.25) is 0 Å². The molecule has 0 aliphatic carbocycles. The molecule has 0 saturated heterocycles. The van der Waals surface area contributed by atoms with Gasteiger partial charge in [0.05, 0.1) is 12.6 Å². The van der Waals surface area contributed by atoms with Gasteiger partial charge >= 0.3 is 0 Å². The van der Waals surface area contributed by atoms with Gasteiger partial charge in [-0.05, 0) is 48.9 Å². The van der Waals surface area contributed by atoms with Crippen LogP contribution in [-0.2, 0) is 0 Å². The van der Waals surface area contributed by atoms with Gasteiger partial charge in [0.15, 0.2) is 0 Å². The Balaban J connectivity index is 2.24. The molecule has 0 amide bonds. The molecule has 0 aliphatic rings. The second kappa shape index (κ2) is 7.46. The van der Waals surface area contributed by atoms with Gasteiger partial charge in [-0.1, -0.05) is 47.1 Å². The van der Waals surface area contributed by atoms with E-state index >= 15 is 0 Å². The van der Waals surface area contributed by atoms with Crippen LogP contribution in [0.3, 0.4) is 0 Å². The van der Waals surface area contributed by atoms with Gasteiger partial charge in [-0.25, -0.2) is 0 Å². The van der Waals surface area contributed by atoms with Crippen molar-refractivity contribution >= 4 is 15.9 Å². The number of nitrogens with one attached hydrogen (secondary N) is 1. The van der Waals surface area contributed by atoms with Crippen molar-refractivity contribution in [2.24, 2.45) is 0 Å². The maximum atomic E-state index is 5.71. The molecule has 2 nitrogen and oxygen atoms in total. The Morgan fingerprint density at radius 3 is 2.50 bits per heavy atom. The molecule has 0 aliphatic heterocycles. The van der Waals surface area contributed by atoms with Gasteiger partial charge in [0, 0.05) is 4.47 Å². The maximum Gasteiger partial charge on any atom is 0.119 e.